The summed E-state index contributed by atoms with van der Waals surface area (Å²) in [6.07, 6.45) is 3.36. The van der Waals surface area contributed by atoms with Crippen molar-refractivity contribution < 1.29 is 9.53 Å². The van der Waals surface area contributed by atoms with E-state index in [1.54, 1.807) is 0 Å². The zero-order valence-electron chi connectivity index (χ0n) is 18.1. The molecule has 2 aromatic carbocycles. The molecule has 1 aliphatic heterocycles. The molecule has 0 fully saturated rings. The molecule has 1 aliphatic rings. The molecule has 3 rings (SSSR count). The van der Waals surface area contributed by atoms with Gasteiger partial charge in [0, 0.05) is 32.2 Å². The van der Waals surface area contributed by atoms with E-state index in [0.717, 1.165) is 31.8 Å². The summed E-state index contributed by atoms with van der Waals surface area (Å²) < 4.78 is 5.75. The number of rotatable bonds is 9. The number of amides is 2. The van der Waals surface area contributed by atoms with Gasteiger partial charge in [0.25, 0.3) is 0 Å². The second-order valence-electron chi connectivity index (χ2n) is 7.83. The largest absolute Gasteiger partial charge is 0.492 e. The molecule has 160 valence electrons. The van der Waals surface area contributed by atoms with Crippen molar-refractivity contribution in [2.75, 3.05) is 39.3 Å². The van der Waals surface area contributed by atoms with Crippen LogP contribution in [0.15, 0.2) is 66.7 Å². The van der Waals surface area contributed by atoms with Crippen LogP contribution in [-0.4, -0.2) is 61.2 Å². The quantitative estimate of drug-likeness (QED) is 0.675. The number of nitrogens with zero attached hydrogens (tertiary/aromatic N) is 2. The number of para-hydroxylation sites is 1. The minimum atomic E-state index is -0.0285. The van der Waals surface area contributed by atoms with Crippen molar-refractivity contribution in [3.05, 3.63) is 72.3 Å². The first-order valence-electron chi connectivity index (χ1n) is 10.8. The van der Waals surface area contributed by atoms with Crippen molar-refractivity contribution in [3.63, 3.8) is 0 Å². The van der Waals surface area contributed by atoms with Crippen LogP contribution in [0.1, 0.15) is 25.8 Å². The zero-order valence-corrected chi connectivity index (χ0v) is 18.1. The molecule has 30 heavy (non-hydrogen) atoms. The normalized spacial score (nSPS) is 14.3. The van der Waals surface area contributed by atoms with Crippen LogP contribution < -0.4 is 10.1 Å². The SMILES string of the molecule is CC(C)N(CCOc1ccccc1)C(=O)NCCN1CC=C(c2ccccc2)CC1. The molecule has 0 aliphatic carbocycles. The molecule has 0 bridgehead atoms. The third kappa shape index (κ3) is 6.63. The Kier molecular flexibility index (Phi) is 8.33. The number of urea groups is 1. The molecule has 0 atom stereocenters. The van der Waals surface area contributed by atoms with Gasteiger partial charge in [-0.05, 0) is 43.5 Å². The van der Waals surface area contributed by atoms with Crippen molar-refractivity contribution in [1.29, 1.82) is 0 Å². The maximum atomic E-state index is 12.6. The number of hydrogen-bond donors (Lipinski definition) is 1. The topological polar surface area (TPSA) is 44.8 Å². The standard InChI is InChI=1S/C25H33N3O2/c1-21(2)28(19-20-30-24-11-7-4-8-12-24)25(29)26-15-18-27-16-13-23(14-17-27)22-9-5-3-6-10-22/h3-13,21H,14-20H2,1-2H3,(H,26,29). The first-order valence-corrected chi connectivity index (χ1v) is 10.8. The highest BCUT2D eigenvalue weighted by Gasteiger charge is 2.17. The van der Waals surface area contributed by atoms with E-state index in [2.05, 4.69) is 46.6 Å². The van der Waals surface area contributed by atoms with Crippen LogP contribution in [0, 0.1) is 0 Å². The third-order valence-electron chi connectivity index (χ3n) is 5.37. The smallest absolute Gasteiger partial charge is 0.317 e. The number of ether oxygens (including phenoxy) is 1. The van der Waals surface area contributed by atoms with Crippen LogP contribution in [0.25, 0.3) is 5.57 Å². The molecule has 0 saturated carbocycles. The summed E-state index contributed by atoms with van der Waals surface area (Å²) >= 11 is 0. The van der Waals surface area contributed by atoms with Gasteiger partial charge in [0.1, 0.15) is 12.4 Å². The Morgan fingerprint density at radius 2 is 1.80 bits per heavy atom. The van der Waals surface area contributed by atoms with Gasteiger partial charge in [0.2, 0.25) is 0 Å². The molecule has 5 nitrogen and oxygen atoms in total. The van der Waals surface area contributed by atoms with Crippen LogP contribution in [0.2, 0.25) is 0 Å². The molecule has 0 radical (unpaired) electrons. The number of nitrogens with one attached hydrogen (secondary N) is 1. The third-order valence-corrected chi connectivity index (χ3v) is 5.37. The fraction of sp³-hybridized carbons (Fsp3) is 0.400. The van der Waals surface area contributed by atoms with E-state index < -0.39 is 0 Å². The lowest BCUT2D eigenvalue weighted by Gasteiger charge is -2.29. The fourth-order valence-electron chi connectivity index (χ4n) is 3.62. The van der Waals surface area contributed by atoms with Crippen molar-refractivity contribution in [2.45, 2.75) is 26.3 Å². The van der Waals surface area contributed by atoms with Gasteiger partial charge in [-0.15, -0.1) is 0 Å². The molecular formula is C25H33N3O2. The maximum Gasteiger partial charge on any atom is 0.317 e. The lowest BCUT2D eigenvalue weighted by Crippen LogP contribution is -2.47. The van der Waals surface area contributed by atoms with Crippen LogP contribution in [0.3, 0.4) is 0 Å². The minimum Gasteiger partial charge on any atom is -0.492 e. The Labute approximate surface area is 180 Å². The Hall–Kier alpha value is -2.79. The van der Waals surface area contributed by atoms with Gasteiger partial charge in [-0.1, -0.05) is 54.6 Å². The van der Waals surface area contributed by atoms with Gasteiger partial charge in [0.15, 0.2) is 0 Å². The van der Waals surface area contributed by atoms with Gasteiger partial charge in [0.05, 0.1) is 6.54 Å². The van der Waals surface area contributed by atoms with Crippen molar-refractivity contribution in [2.24, 2.45) is 0 Å². The second kappa shape index (κ2) is 11.4. The molecule has 1 heterocycles. The summed E-state index contributed by atoms with van der Waals surface area (Å²) in [5.74, 6) is 0.828. The average Bonchev–Trinajstić information content (AvgIpc) is 2.78. The van der Waals surface area contributed by atoms with Crippen LogP contribution >= 0.6 is 0 Å². The first-order chi connectivity index (χ1) is 14.6. The van der Waals surface area contributed by atoms with E-state index in [9.17, 15) is 4.79 Å². The van der Waals surface area contributed by atoms with E-state index in [0.29, 0.717) is 19.7 Å². The first kappa shape index (κ1) is 21.9. The van der Waals surface area contributed by atoms with E-state index >= 15 is 0 Å². The molecule has 2 aromatic rings. The minimum absolute atomic E-state index is 0.0285. The van der Waals surface area contributed by atoms with E-state index in [4.69, 9.17) is 4.74 Å². The predicted molar refractivity (Wildman–Crippen MR) is 123 cm³/mol. The highest BCUT2D eigenvalue weighted by atomic mass is 16.5. The lowest BCUT2D eigenvalue weighted by atomic mass is 10.00. The molecule has 0 saturated heterocycles. The van der Waals surface area contributed by atoms with Gasteiger partial charge < -0.3 is 15.0 Å². The molecule has 0 aromatic heterocycles. The lowest BCUT2D eigenvalue weighted by molar-refractivity contribution is 0.165. The van der Waals surface area contributed by atoms with Crippen molar-refractivity contribution in [3.8, 4) is 5.75 Å². The summed E-state index contributed by atoms with van der Waals surface area (Å²) in [4.78, 5) is 16.8. The van der Waals surface area contributed by atoms with Crippen LogP contribution in [0.4, 0.5) is 4.79 Å². The molecule has 0 spiro atoms. The van der Waals surface area contributed by atoms with E-state index in [1.165, 1.54) is 11.1 Å². The highest BCUT2D eigenvalue weighted by Crippen LogP contribution is 2.21. The number of benzene rings is 2. The summed E-state index contributed by atoms with van der Waals surface area (Å²) in [5.41, 5.74) is 2.73. The molecule has 2 amide bonds. The second-order valence-corrected chi connectivity index (χ2v) is 7.83. The summed E-state index contributed by atoms with van der Waals surface area (Å²) in [6.45, 7) is 8.56. The van der Waals surface area contributed by atoms with Gasteiger partial charge in [-0.25, -0.2) is 4.79 Å². The van der Waals surface area contributed by atoms with Gasteiger partial charge in [-0.2, -0.15) is 0 Å². The summed E-state index contributed by atoms with van der Waals surface area (Å²) in [5, 5.41) is 3.07. The average molecular weight is 408 g/mol. The van der Waals surface area contributed by atoms with Crippen LogP contribution in [-0.2, 0) is 0 Å². The number of carbonyl (C=O) groups excluding carboxylic acids is 1. The predicted octanol–water partition coefficient (Wildman–Crippen LogP) is 4.27. The molecule has 5 heteroatoms. The number of carbonyl (C=O) groups is 1. The molecular weight excluding hydrogens is 374 g/mol. The Morgan fingerprint density at radius 3 is 2.43 bits per heavy atom. The fourth-order valence-corrected chi connectivity index (χ4v) is 3.62. The molecule has 0 unspecified atom stereocenters. The van der Waals surface area contributed by atoms with E-state index in [1.807, 2.05) is 49.1 Å². The van der Waals surface area contributed by atoms with Crippen molar-refractivity contribution >= 4 is 11.6 Å². The Bertz CT molecular complexity index is 806. The Morgan fingerprint density at radius 1 is 1.10 bits per heavy atom. The summed E-state index contributed by atoms with van der Waals surface area (Å²) in [6, 6.07) is 20.4. The van der Waals surface area contributed by atoms with Gasteiger partial charge >= 0.3 is 6.03 Å². The van der Waals surface area contributed by atoms with Crippen LogP contribution in [0.5, 0.6) is 5.75 Å². The maximum absolute atomic E-state index is 12.6. The Balaban J connectivity index is 1.38. The van der Waals surface area contributed by atoms with E-state index in [-0.39, 0.29) is 12.1 Å². The zero-order chi connectivity index (χ0) is 21.2. The van der Waals surface area contributed by atoms with Gasteiger partial charge in [-0.3, -0.25) is 4.90 Å². The van der Waals surface area contributed by atoms with Crippen molar-refractivity contribution in [1.82, 2.24) is 15.1 Å². The number of hydrogen-bond acceptors (Lipinski definition) is 3. The monoisotopic (exact) mass is 407 g/mol. The highest BCUT2D eigenvalue weighted by molar-refractivity contribution is 5.74. The molecule has 1 N–H and O–H groups in total. The summed E-state index contributed by atoms with van der Waals surface area (Å²) in [7, 11) is 0.